The Balaban J connectivity index is -0.000000327. The molecule has 2 atom stereocenters. The van der Waals surface area contributed by atoms with E-state index in [4.69, 9.17) is 37.6 Å². The maximum atomic E-state index is 10.2. The van der Waals surface area contributed by atoms with Crippen LogP contribution in [0.15, 0.2) is 0 Å². The number of carboxylic acid groups (broad SMARTS) is 4. The lowest BCUT2D eigenvalue weighted by Gasteiger charge is -2.04. The first-order valence-corrected chi connectivity index (χ1v) is 7.80. The Morgan fingerprint density at radius 3 is 1.42 bits per heavy atom. The van der Waals surface area contributed by atoms with E-state index in [0.29, 0.717) is 13.0 Å². The van der Waals surface area contributed by atoms with E-state index in [0.717, 1.165) is 19.3 Å². The second kappa shape index (κ2) is 19.1. The zero-order chi connectivity index (χ0) is 21.1. The highest BCUT2D eigenvalue weighted by Crippen LogP contribution is 2.01. The molecule has 12 N–H and O–H groups in total. The van der Waals surface area contributed by atoms with Crippen molar-refractivity contribution in [3.63, 3.8) is 0 Å². The maximum Gasteiger partial charge on any atom is 0.320 e. The molecule has 0 aromatic rings. The van der Waals surface area contributed by atoms with Crippen molar-refractivity contribution in [3.8, 4) is 0 Å². The van der Waals surface area contributed by atoms with E-state index in [-0.39, 0.29) is 19.4 Å². The highest BCUT2D eigenvalue weighted by atomic mass is 16.4. The maximum absolute atomic E-state index is 10.2. The third-order valence-corrected chi connectivity index (χ3v) is 2.70. The summed E-state index contributed by atoms with van der Waals surface area (Å²) < 4.78 is 0. The quantitative estimate of drug-likeness (QED) is 0.184. The minimum Gasteiger partial charge on any atom is -0.481 e. The summed E-state index contributed by atoms with van der Waals surface area (Å²) in [6.07, 6.45) is 3.10. The molecule has 0 heterocycles. The molecule has 154 valence electrons. The lowest BCUT2D eigenvalue weighted by Crippen LogP contribution is -2.30. The van der Waals surface area contributed by atoms with Crippen molar-refractivity contribution in [2.75, 3.05) is 13.1 Å². The van der Waals surface area contributed by atoms with Crippen molar-refractivity contribution in [1.29, 1.82) is 0 Å². The van der Waals surface area contributed by atoms with Crippen molar-refractivity contribution in [2.45, 2.75) is 50.6 Å². The minimum atomic E-state index is -1.17. The number of nitrogens with two attached hydrogens (primary N) is 4. The second-order valence-electron chi connectivity index (χ2n) is 5.06. The molecular formula is C14H30N4O8. The van der Waals surface area contributed by atoms with Crippen LogP contribution in [-0.2, 0) is 19.2 Å². The summed E-state index contributed by atoms with van der Waals surface area (Å²) in [6.45, 7) is 0.391. The van der Waals surface area contributed by atoms with Crippen LogP contribution in [0.4, 0.5) is 0 Å². The first kappa shape index (κ1) is 28.5. The summed E-state index contributed by atoms with van der Waals surface area (Å²) in [4.78, 5) is 39.3. The molecular weight excluding hydrogens is 352 g/mol. The van der Waals surface area contributed by atoms with Gasteiger partial charge in [0.05, 0.1) is 6.54 Å². The smallest absolute Gasteiger partial charge is 0.320 e. The van der Waals surface area contributed by atoms with Gasteiger partial charge in [-0.3, -0.25) is 19.2 Å². The molecule has 0 radical (unpaired) electrons. The Morgan fingerprint density at radius 1 is 0.692 bits per heavy atom. The normalized spacial score (nSPS) is 11.7. The number of aliphatic carboxylic acids is 4. The van der Waals surface area contributed by atoms with Gasteiger partial charge >= 0.3 is 23.9 Å². The topological polar surface area (TPSA) is 253 Å². The Hall–Kier alpha value is -2.28. The largest absolute Gasteiger partial charge is 0.481 e. The number of hydrogen-bond donors (Lipinski definition) is 8. The molecule has 0 bridgehead atoms. The molecule has 0 fully saturated rings. The molecule has 0 aliphatic heterocycles. The van der Waals surface area contributed by atoms with E-state index in [1.807, 2.05) is 0 Å². The predicted octanol–water partition coefficient (Wildman–Crippen LogP) is -1.79. The summed E-state index contributed by atoms with van der Waals surface area (Å²) in [5.74, 6) is -4.08. The van der Waals surface area contributed by atoms with Gasteiger partial charge in [-0.25, -0.2) is 0 Å². The third kappa shape index (κ3) is 26.6. The van der Waals surface area contributed by atoms with Crippen molar-refractivity contribution in [1.82, 2.24) is 0 Å². The number of rotatable bonds is 11. The first-order valence-electron chi connectivity index (χ1n) is 7.80. The van der Waals surface area contributed by atoms with Gasteiger partial charge in [0.25, 0.3) is 0 Å². The number of hydrogen-bond acceptors (Lipinski definition) is 8. The summed E-state index contributed by atoms with van der Waals surface area (Å²) in [6, 6.07) is -1.76. The van der Waals surface area contributed by atoms with Crippen LogP contribution in [0.3, 0.4) is 0 Å². The highest BCUT2D eigenvalue weighted by Gasteiger charge is 2.12. The van der Waals surface area contributed by atoms with Crippen LogP contribution in [0.5, 0.6) is 0 Å². The number of carbonyl (C=O) groups is 4. The minimum absolute atomic E-state index is 0.0231. The zero-order valence-electron chi connectivity index (χ0n) is 14.5. The predicted molar refractivity (Wildman–Crippen MR) is 92.3 cm³/mol. The second-order valence-corrected chi connectivity index (χ2v) is 5.06. The molecule has 0 aromatic carbocycles. The SMILES string of the molecule is NC(CCC(=O)O)C(=O)O.NCC(=O)O.NCCCCCC(N)C(=O)O. The van der Waals surface area contributed by atoms with Gasteiger partial charge in [0.15, 0.2) is 0 Å². The van der Waals surface area contributed by atoms with Crippen molar-refractivity contribution < 1.29 is 39.6 Å². The third-order valence-electron chi connectivity index (χ3n) is 2.70. The van der Waals surface area contributed by atoms with Gasteiger partial charge in [0.1, 0.15) is 12.1 Å². The van der Waals surface area contributed by atoms with Gasteiger partial charge in [0, 0.05) is 6.42 Å². The van der Waals surface area contributed by atoms with Gasteiger partial charge in [-0.05, 0) is 25.8 Å². The molecule has 12 nitrogen and oxygen atoms in total. The van der Waals surface area contributed by atoms with Crippen LogP contribution >= 0.6 is 0 Å². The lowest BCUT2D eigenvalue weighted by molar-refractivity contribution is -0.140. The Kier molecular flexibility index (Phi) is 20.9. The standard InChI is InChI=1S/C7H16N2O2.C5H9NO4.C2H5NO2/c8-5-3-1-2-4-6(9)7(10)11;6-3(5(9)10)1-2-4(7)8;3-1-2(4)5/h6H,1-5,8-9H2,(H,10,11);3H,1-2,6H2,(H,7,8)(H,9,10);1,3H2,(H,4,5). The van der Waals surface area contributed by atoms with Gasteiger partial charge in [-0.15, -0.1) is 0 Å². The van der Waals surface area contributed by atoms with Crippen molar-refractivity contribution in [3.05, 3.63) is 0 Å². The summed E-state index contributed by atoms with van der Waals surface area (Å²) in [5, 5.41) is 32.3. The monoisotopic (exact) mass is 382 g/mol. The summed E-state index contributed by atoms with van der Waals surface area (Å²) in [7, 11) is 0. The van der Waals surface area contributed by atoms with Gasteiger partial charge < -0.3 is 43.4 Å². The molecule has 0 aliphatic rings. The number of unbranched alkanes of at least 4 members (excludes halogenated alkanes) is 2. The fourth-order valence-corrected chi connectivity index (χ4v) is 1.21. The van der Waals surface area contributed by atoms with Crippen LogP contribution in [0, 0.1) is 0 Å². The molecule has 0 rings (SSSR count). The van der Waals surface area contributed by atoms with Crippen LogP contribution in [-0.4, -0.2) is 69.5 Å². The molecule has 0 saturated carbocycles. The molecule has 0 aliphatic carbocycles. The van der Waals surface area contributed by atoms with Crippen molar-refractivity contribution >= 4 is 23.9 Å². The van der Waals surface area contributed by atoms with Gasteiger partial charge in [-0.2, -0.15) is 0 Å². The number of carboxylic acids is 4. The van der Waals surface area contributed by atoms with E-state index in [1.54, 1.807) is 0 Å². The first-order chi connectivity index (χ1) is 12.0. The molecule has 12 heteroatoms. The van der Waals surface area contributed by atoms with Crippen LogP contribution < -0.4 is 22.9 Å². The van der Waals surface area contributed by atoms with Crippen LogP contribution in [0.25, 0.3) is 0 Å². The van der Waals surface area contributed by atoms with E-state index < -0.39 is 36.0 Å². The molecule has 26 heavy (non-hydrogen) atoms. The zero-order valence-corrected chi connectivity index (χ0v) is 14.5. The van der Waals surface area contributed by atoms with Crippen LogP contribution in [0.2, 0.25) is 0 Å². The van der Waals surface area contributed by atoms with E-state index in [1.165, 1.54) is 0 Å². The van der Waals surface area contributed by atoms with E-state index >= 15 is 0 Å². The van der Waals surface area contributed by atoms with Crippen LogP contribution in [0.1, 0.15) is 38.5 Å². The fraction of sp³-hybridized carbons (Fsp3) is 0.714. The molecule has 2 unspecified atom stereocenters. The summed E-state index contributed by atoms with van der Waals surface area (Å²) >= 11 is 0. The van der Waals surface area contributed by atoms with E-state index in [2.05, 4.69) is 5.73 Å². The average Bonchev–Trinajstić information content (AvgIpc) is 2.57. The highest BCUT2D eigenvalue weighted by molar-refractivity contribution is 5.74. The van der Waals surface area contributed by atoms with E-state index in [9.17, 15) is 19.2 Å². The summed E-state index contributed by atoms with van der Waals surface area (Å²) in [5.41, 5.74) is 20.1. The Morgan fingerprint density at radius 2 is 1.12 bits per heavy atom. The average molecular weight is 382 g/mol. The van der Waals surface area contributed by atoms with Gasteiger partial charge in [-0.1, -0.05) is 12.8 Å². The molecule has 0 spiro atoms. The molecule has 0 saturated heterocycles. The van der Waals surface area contributed by atoms with Crippen molar-refractivity contribution in [2.24, 2.45) is 22.9 Å². The Labute approximate surface area is 151 Å². The molecule has 0 aromatic heterocycles. The lowest BCUT2D eigenvalue weighted by atomic mass is 10.1. The molecule has 0 amide bonds. The Bertz CT molecular complexity index is 420. The fourth-order valence-electron chi connectivity index (χ4n) is 1.21. The van der Waals surface area contributed by atoms with Gasteiger partial charge in [0.2, 0.25) is 0 Å².